The molecule has 0 aromatic heterocycles. The third kappa shape index (κ3) is 6.07. The van der Waals surface area contributed by atoms with E-state index in [-0.39, 0.29) is 24.6 Å². The average Bonchev–Trinajstić information content (AvgIpc) is 2.42. The lowest BCUT2D eigenvalue weighted by molar-refractivity contribution is -0.116. The second kappa shape index (κ2) is 8.19. The lowest BCUT2D eigenvalue weighted by Crippen LogP contribution is -2.31. The monoisotopic (exact) mass is 334 g/mol. The first kappa shape index (κ1) is 18.5. The zero-order valence-electron chi connectivity index (χ0n) is 12.5. The fourth-order valence-electron chi connectivity index (χ4n) is 1.59. The van der Waals surface area contributed by atoms with Crippen molar-refractivity contribution in [2.45, 2.75) is 38.4 Å². The molecule has 0 aliphatic carbocycles. The Labute approximate surface area is 129 Å². The summed E-state index contributed by atoms with van der Waals surface area (Å²) in [5, 5.41) is 1.95. The summed E-state index contributed by atoms with van der Waals surface area (Å²) in [4.78, 5) is 11.6. The molecule has 1 rings (SSSR count). The standard InChI is InChI=1S/C14H20F2N2O3S/c1-10(2)22(20,21)17-8-4-3-5-14(19)18-11-6-7-12(15)13(16)9-11/h6-7,9-10,17H,3-5,8H2,1-2H3,(H,18,19). The summed E-state index contributed by atoms with van der Waals surface area (Å²) >= 11 is 0. The maximum Gasteiger partial charge on any atom is 0.224 e. The van der Waals surface area contributed by atoms with Gasteiger partial charge in [-0.3, -0.25) is 4.79 Å². The highest BCUT2D eigenvalue weighted by atomic mass is 32.2. The number of rotatable bonds is 8. The van der Waals surface area contributed by atoms with Crippen LogP contribution in [0.4, 0.5) is 14.5 Å². The molecule has 0 atom stereocenters. The van der Waals surface area contributed by atoms with Gasteiger partial charge in [0.05, 0.1) is 5.25 Å². The quantitative estimate of drug-likeness (QED) is 0.717. The summed E-state index contributed by atoms with van der Waals surface area (Å²) in [6.07, 6.45) is 1.16. The van der Waals surface area contributed by atoms with Crippen LogP contribution in [0.1, 0.15) is 33.1 Å². The van der Waals surface area contributed by atoms with Gasteiger partial charge in [-0.1, -0.05) is 0 Å². The Hall–Kier alpha value is -1.54. The van der Waals surface area contributed by atoms with Crippen molar-refractivity contribution in [2.24, 2.45) is 0 Å². The van der Waals surface area contributed by atoms with Gasteiger partial charge in [0, 0.05) is 24.7 Å². The third-order valence-corrected chi connectivity index (χ3v) is 4.81. The van der Waals surface area contributed by atoms with E-state index in [4.69, 9.17) is 0 Å². The third-order valence-electron chi connectivity index (χ3n) is 2.96. The van der Waals surface area contributed by atoms with Crippen molar-refractivity contribution >= 4 is 21.6 Å². The number of hydrogen-bond acceptors (Lipinski definition) is 3. The predicted octanol–water partition coefficient (Wildman–Crippen LogP) is 2.40. The molecule has 0 aliphatic heterocycles. The number of benzene rings is 1. The Morgan fingerprint density at radius 2 is 1.86 bits per heavy atom. The van der Waals surface area contributed by atoms with Crippen LogP contribution in [0.2, 0.25) is 0 Å². The van der Waals surface area contributed by atoms with Crippen molar-refractivity contribution in [2.75, 3.05) is 11.9 Å². The first-order valence-corrected chi connectivity index (χ1v) is 8.50. The second-order valence-corrected chi connectivity index (χ2v) is 7.44. The predicted molar refractivity (Wildman–Crippen MR) is 80.9 cm³/mol. The first-order valence-electron chi connectivity index (χ1n) is 6.96. The molecule has 0 fully saturated rings. The first-order chi connectivity index (χ1) is 10.2. The molecule has 0 heterocycles. The molecule has 0 aliphatic rings. The van der Waals surface area contributed by atoms with E-state index in [1.165, 1.54) is 6.07 Å². The number of amides is 1. The molecule has 5 nitrogen and oxygen atoms in total. The number of carbonyl (C=O) groups is 1. The largest absolute Gasteiger partial charge is 0.326 e. The number of anilines is 1. The molecule has 1 amide bonds. The summed E-state index contributed by atoms with van der Waals surface area (Å²) in [6.45, 7) is 3.42. The Bertz CT molecular complexity index is 619. The molecule has 0 saturated heterocycles. The van der Waals surface area contributed by atoms with Crippen molar-refractivity contribution < 1.29 is 22.0 Å². The Morgan fingerprint density at radius 1 is 1.18 bits per heavy atom. The highest BCUT2D eigenvalue weighted by Gasteiger charge is 2.14. The average molecular weight is 334 g/mol. The highest BCUT2D eigenvalue weighted by molar-refractivity contribution is 7.90. The Balaban J connectivity index is 2.28. The number of halogens is 2. The highest BCUT2D eigenvalue weighted by Crippen LogP contribution is 2.13. The fourth-order valence-corrected chi connectivity index (χ4v) is 2.35. The van der Waals surface area contributed by atoms with Crippen LogP contribution in [0, 0.1) is 11.6 Å². The van der Waals surface area contributed by atoms with E-state index < -0.39 is 26.9 Å². The fraction of sp³-hybridized carbons (Fsp3) is 0.500. The van der Waals surface area contributed by atoms with Crippen LogP contribution in [0.15, 0.2) is 18.2 Å². The van der Waals surface area contributed by atoms with Gasteiger partial charge < -0.3 is 5.32 Å². The minimum atomic E-state index is -3.28. The Morgan fingerprint density at radius 3 is 2.45 bits per heavy atom. The van der Waals surface area contributed by atoms with Gasteiger partial charge in [0.2, 0.25) is 15.9 Å². The van der Waals surface area contributed by atoms with Gasteiger partial charge in [0.25, 0.3) is 0 Å². The van der Waals surface area contributed by atoms with Crippen molar-refractivity contribution in [1.29, 1.82) is 0 Å². The molecule has 2 N–H and O–H groups in total. The summed E-state index contributed by atoms with van der Waals surface area (Å²) in [5.74, 6) is -2.34. The molecule has 8 heteroatoms. The lowest BCUT2D eigenvalue weighted by atomic mass is 10.2. The van der Waals surface area contributed by atoms with Crippen LogP contribution < -0.4 is 10.0 Å². The molecule has 124 valence electrons. The van der Waals surface area contributed by atoms with Gasteiger partial charge >= 0.3 is 0 Å². The number of nitrogens with one attached hydrogen (secondary N) is 2. The number of carbonyl (C=O) groups excluding carboxylic acids is 1. The smallest absolute Gasteiger partial charge is 0.224 e. The SMILES string of the molecule is CC(C)S(=O)(=O)NCCCCC(=O)Nc1ccc(F)c(F)c1. The summed E-state index contributed by atoms with van der Waals surface area (Å²) in [5.41, 5.74) is 0.185. The van der Waals surface area contributed by atoms with Crippen LogP contribution in [0.3, 0.4) is 0 Å². The van der Waals surface area contributed by atoms with E-state index in [0.717, 1.165) is 12.1 Å². The number of sulfonamides is 1. The normalized spacial score (nSPS) is 11.7. The maximum atomic E-state index is 13.0. The van der Waals surface area contributed by atoms with Crippen molar-refractivity contribution in [3.63, 3.8) is 0 Å². The van der Waals surface area contributed by atoms with E-state index >= 15 is 0 Å². The molecular formula is C14H20F2N2O3S. The number of unbranched alkanes of at least 4 members (excludes halogenated alkanes) is 1. The van der Waals surface area contributed by atoms with Gasteiger partial charge in [-0.05, 0) is 38.8 Å². The van der Waals surface area contributed by atoms with Gasteiger partial charge in [0.1, 0.15) is 0 Å². The van der Waals surface area contributed by atoms with Crippen LogP contribution in [-0.4, -0.2) is 26.1 Å². The minimum Gasteiger partial charge on any atom is -0.326 e. The van der Waals surface area contributed by atoms with Gasteiger partial charge in [0.15, 0.2) is 11.6 Å². The molecule has 0 bridgehead atoms. The molecule has 1 aromatic rings. The summed E-state index contributed by atoms with van der Waals surface area (Å²) < 4.78 is 51.1. The Kier molecular flexibility index (Phi) is 6.89. The topological polar surface area (TPSA) is 75.3 Å². The summed E-state index contributed by atoms with van der Waals surface area (Å²) in [7, 11) is -3.28. The van der Waals surface area contributed by atoms with E-state index in [0.29, 0.717) is 12.8 Å². The maximum absolute atomic E-state index is 13.0. The van der Waals surface area contributed by atoms with E-state index in [9.17, 15) is 22.0 Å². The molecule has 22 heavy (non-hydrogen) atoms. The number of hydrogen-bond donors (Lipinski definition) is 2. The van der Waals surface area contributed by atoms with Crippen LogP contribution in [-0.2, 0) is 14.8 Å². The molecule has 0 radical (unpaired) electrons. The minimum absolute atomic E-state index is 0.169. The van der Waals surface area contributed by atoms with Crippen molar-refractivity contribution in [3.8, 4) is 0 Å². The second-order valence-electron chi connectivity index (χ2n) is 5.12. The lowest BCUT2D eigenvalue weighted by Gasteiger charge is -2.09. The molecule has 0 saturated carbocycles. The zero-order valence-corrected chi connectivity index (χ0v) is 13.3. The van der Waals surface area contributed by atoms with E-state index in [2.05, 4.69) is 10.0 Å². The van der Waals surface area contributed by atoms with Gasteiger partial charge in [-0.15, -0.1) is 0 Å². The molecule has 0 unspecified atom stereocenters. The molecular weight excluding hydrogens is 314 g/mol. The van der Waals surface area contributed by atoms with Gasteiger partial charge in [-0.25, -0.2) is 21.9 Å². The summed E-state index contributed by atoms with van der Waals surface area (Å²) in [6, 6.07) is 3.11. The molecule has 1 aromatic carbocycles. The van der Waals surface area contributed by atoms with E-state index in [1.54, 1.807) is 13.8 Å². The van der Waals surface area contributed by atoms with Crippen LogP contribution in [0.25, 0.3) is 0 Å². The van der Waals surface area contributed by atoms with Gasteiger partial charge in [-0.2, -0.15) is 0 Å². The van der Waals surface area contributed by atoms with Crippen molar-refractivity contribution in [1.82, 2.24) is 4.72 Å². The van der Waals surface area contributed by atoms with Crippen molar-refractivity contribution in [3.05, 3.63) is 29.8 Å². The van der Waals surface area contributed by atoms with Crippen LogP contribution in [0.5, 0.6) is 0 Å². The zero-order chi connectivity index (χ0) is 16.8. The van der Waals surface area contributed by atoms with Crippen LogP contribution >= 0.6 is 0 Å². The van der Waals surface area contributed by atoms with E-state index in [1.807, 2.05) is 0 Å². The molecule has 0 spiro atoms.